The zero-order chi connectivity index (χ0) is 13.6. The number of carbonyl (C=O) groups is 1. The molecular formula is C15H13ClFNO. The maximum Gasteiger partial charge on any atom is 0.164 e. The van der Waals surface area contributed by atoms with Crippen LogP contribution in [-0.2, 0) is 6.42 Å². The maximum absolute atomic E-state index is 14.1. The summed E-state index contributed by atoms with van der Waals surface area (Å²) in [7, 11) is 0. The lowest BCUT2D eigenvalue weighted by Crippen LogP contribution is -2.13. The maximum atomic E-state index is 14.1. The molecule has 1 aromatic carbocycles. The van der Waals surface area contributed by atoms with E-state index in [0.29, 0.717) is 22.7 Å². The van der Waals surface area contributed by atoms with Gasteiger partial charge in [-0.05, 0) is 38.0 Å². The molecule has 0 atom stereocenters. The van der Waals surface area contributed by atoms with E-state index in [1.165, 1.54) is 6.07 Å². The number of para-hydroxylation sites is 1. The number of halogens is 2. The number of ketones is 1. The molecule has 19 heavy (non-hydrogen) atoms. The normalized spacial score (nSPS) is 14.6. The summed E-state index contributed by atoms with van der Waals surface area (Å²) in [5, 5.41) is 0.361. The third kappa shape index (κ3) is 1.89. The predicted octanol–water partition coefficient (Wildman–Crippen LogP) is 4.10. The zero-order valence-electron chi connectivity index (χ0n) is 10.5. The summed E-state index contributed by atoms with van der Waals surface area (Å²) in [5.41, 5.74) is 2.77. The van der Waals surface area contributed by atoms with E-state index in [9.17, 15) is 9.18 Å². The number of aromatic nitrogens is 1. The highest BCUT2D eigenvalue weighted by Gasteiger charge is 2.25. The Kier molecular flexibility index (Phi) is 2.94. The number of benzene rings is 1. The van der Waals surface area contributed by atoms with Crippen molar-refractivity contribution in [3.63, 3.8) is 0 Å². The van der Waals surface area contributed by atoms with E-state index in [2.05, 4.69) is 0 Å². The van der Waals surface area contributed by atoms with Crippen molar-refractivity contribution < 1.29 is 9.18 Å². The van der Waals surface area contributed by atoms with Crippen LogP contribution in [0.2, 0.25) is 5.02 Å². The Labute approximate surface area is 115 Å². The van der Waals surface area contributed by atoms with Crippen molar-refractivity contribution in [1.29, 1.82) is 0 Å². The van der Waals surface area contributed by atoms with Gasteiger partial charge in [0, 0.05) is 23.4 Å². The SMILES string of the molecule is Cc1cc2c(n1-c1c(F)cccc1Cl)CCCC2=O. The lowest BCUT2D eigenvalue weighted by molar-refractivity contribution is 0.0972. The minimum absolute atomic E-state index is 0.135. The fourth-order valence-corrected chi connectivity index (χ4v) is 2.99. The van der Waals surface area contributed by atoms with E-state index in [0.717, 1.165) is 24.2 Å². The summed E-state index contributed by atoms with van der Waals surface area (Å²) in [6.07, 6.45) is 2.16. The van der Waals surface area contributed by atoms with Gasteiger partial charge in [0.25, 0.3) is 0 Å². The van der Waals surface area contributed by atoms with Crippen LogP contribution in [0, 0.1) is 12.7 Å². The van der Waals surface area contributed by atoms with Crippen molar-refractivity contribution in [2.24, 2.45) is 0 Å². The first-order valence-electron chi connectivity index (χ1n) is 6.28. The fraction of sp³-hybridized carbons (Fsp3) is 0.267. The fourth-order valence-electron chi connectivity index (χ4n) is 2.74. The van der Waals surface area contributed by atoms with Crippen LogP contribution in [0.15, 0.2) is 24.3 Å². The summed E-state index contributed by atoms with van der Waals surface area (Å²) in [4.78, 5) is 11.9. The third-order valence-electron chi connectivity index (χ3n) is 3.57. The number of fused-ring (bicyclic) bond motifs is 1. The Balaban J connectivity index is 2.29. The quantitative estimate of drug-likeness (QED) is 0.769. The van der Waals surface area contributed by atoms with E-state index in [4.69, 9.17) is 11.6 Å². The molecule has 0 unspecified atom stereocenters. The largest absolute Gasteiger partial charge is 0.314 e. The molecule has 1 heterocycles. The monoisotopic (exact) mass is 277 g/mol. The summed E-state index contributed by atoms with van der Waals surface area (Å²) in [6.45, 7) is 1.87. The van der Waals surface area contributed by atoms with Crippen LogP contribution < -0.4 is 0 Å². The van der Waals surface area contributed by atoms with Gasteiger partial charge in [-0.25, -0.2) is 4.39 Å². The second kappa shape index (κ2) is 4.49. The molecular weight excluding hydrogens is 265 g/mol. The van der Waals surface area contributed by atoms with Crippen molar-refractivity contribution in [3.05, 3.63) is 52.1 Å². The number of rotatable bonds is 1. The molecule has 1 aliphatic rings. The van der Waals surface area contributed by atoms with Gasteiger partial charge >= 0.3 is 0 Å². The van der Waals surface area contributed by atoms with Gasteiger partial charge in [0.05, 0.1) is 5.02 Å². The second-order valence-corrected chi connectivity index (χ2v) is 5.24. The minimum Gasteiger partial charge on any atom is -0.314 e. The lowest BCUT2D eigenvalue weighted by Gasteiger charge is -2.17. The smallest absolute Gasteiger partial charge is 0.164 e. The van der Waals surface area contributed by atoms with Crippen molar-refractivity contribution >= 4 is 17.4 Å². The summed E-state index contributed by atoms with van der Waals surface area (Å²) in [6, 6.07) is 6.46. The van der Waals surface area contributed by atoms with E-state index in [-0.39, 0.29) is 11.6 Å². The van der Waals surface area contributed by atoms with Gasteiger partial charge in [0.15, 0.2) is 5.78 Å². The molecule has 0 saturated carbocycles. The molecule has 0 fully saturated rings. The number of aryl methyl sites for hydroxylation is 1. The summed E-state index contributed by atoms with van der Waals surface area (Å²) >= 11 is 6.13. The molecule has 2 nitrogen and oxygen atoms in total. The van der Waals surface area contributed by atoms with Crippen LogP contribution in [-0.4, -0.2) is 10.4 Å². The molecule has 98 valence electrons. The van der Waals surface area contributed by atoms with Gasteiger partial charge in [-0.2, -0.15) is 0 Å². The van der Waals surface area contributed by atoms with E-state index in [1.54, 1.807) is 16.7 Å². The van der Waals surface area contributed by atoms with Crippen molar-refractivity contribution in [3.8, 4) is 5.69 Å². The van der Waals surface area contributed by atoms with Gasteiger partial charge in [-0.3, -0.25) is 4.79 Å². The summed E-state index contributed by atoms with van der Waals surface area (Å²) in [5.74, 6) is -0.234. The number of carbonyl (C=O) groups excluding carboxylic acids is 1. The predicted molar refractivity (Wildman–Crippen MR) is 72.7 cm³/mol. The van der Waals surface area contributed by atoms with Gasteiger partial charge in [-0.1, -0.05) is 17.7 Å². The minimum atomic E-state index is -0.368. The first-order chi connectivity index (χ1) is 9.09. The molecule has 4 heteroatoms. The highest BCUT2D eigenvalue weighted by atomic mass is 35.5. The molecule has 3 rings (SSSR count). The number of Topliss-reactive ketones (excluding diaryl/α,β-unsaturated/α-hetero) is 1. The van der Waals surface area contributed by atoms with E-state index >= 15 is 0 Å². The number of hydrogen-bond donors (Lipinski definition) is 0. The Morgan fingerprint density at radius 1 is 1.32 bits per heavy atom. The van der Waals surface area contributed by atoms with Crippen molar-refractivity contribution in [1.82, 2.24) is 4.57 Å². The first kappa shape index (κ1) is 12.4. The second-order valence-electron chi connectivity index (χ2n) is 4.83. The van der Waals surface area contributed by atoms with Crippen LogP contribution in [0.3, 0.4) is 0 Å². The molecule has 0 N–H and O–H groups in total. The number of nitrogens with zero attached hydrogens (tertiary/aromatic N) is 1. The Morgan fingerprint density at radius 3 is 2.84 bits per heavy atom. The van der Waals surface area contributed by atoms with Gasteiger partial charge < -0.3 is 4.57 Å². The van der Waals surface area contributed by atoms with Crippen LogP contribution in [0.5, 0.6) is 0 Å². The Bertz CT molecular complexity index is 655. The molecule has 0 amide bonds. The highest BCUT2D eigenvalue weighted by Crippen LogP contribution is 2.32. The summed E-state index contributed by atoms with van der Waals surface area (Å²) < 4.78 is 15.9. The molecule has 0 saturated heterocycles. The lowest BCUT2D eigenvalue weighted by atomic mass is 9.96. The average Bonchev–Trinajstić information content (AvgIpc) is 2.68. The average molecular weight is 278 g/mol. The molecule has 2 aromatic rings. The first-order valence-corrected chi connectivity index (χ1v) is 6.66. The third-order valence-corrected chi connectivity index (χ3v) is 3.87. The van der Waals surface area contributed by atoms with Gasteiger partial charge in [0.2, 0.25) is 0 Å². The van der Waals surface area contributed by atoms with Crippen LogP contribution in [0.4, 0.5) is 4.39 Å². The molecule has 0 aliphatic heterocycles. The topological polar surface area (TPSA) is 22.0 Å². The molecule has 0 bridgehead atoms. The number of hydrogen-bond acceptors (Lipinski definition) is 1. The van der Waals surface area contributed by atoms with Crippen LogP contribution in [0.1, 0.15) is 34.6 Å². The standard InChI is InChI=1S/C15H13ClFNO/c1-9-8-10-13(6-3-7-14(10)19)18(9)15-11(16)4-2-5-12(15)17/h2,4-5,8H,3,6-7H2,1H3. The zero-order valence-corrected chi connectivity index (χ0v) is 11.3. The van der Waals surface area contributed by atoms with Gasteiger partial charge in [0.1, 0.15) is 11.5 Å². The molecule has 1 aromatic heterocycles. The van der Waals surface area contributed by atoms with Crippen molar-refractivity contribution in [2.75, 3.05) is 0 Å². The van der Waals surface area contributed by atoms with Crippen LogP contribution in [0.25, 0.3) is 5.69 Å². The highest BCUT2D eigenvalue weighted by molar-refractivity contribution is 6.32. The molecule has 0 radical (unpaired) electrons. The Morgan fingerprint density at radius 2 is 2.11 bits per heavy atom. The Hall–Kier alpha value is -1.61. The van der Waals surface area contributed by atoms with Crippen LogP contribution >= 0.6 is 11.6 Å². The van der Waals surface area contributed by atoms with Crippen molar-refractivity contribution in [2.45, 2.75) is 26.2 Å². The molecule has 1 aliphatic carbocycles. The van der Waals surface area contributed by atoms with E-state index in [1.807, 2.05) is 13.0 Å². The van der Waals surface area contributed by atoms with Gasteiger partial charge in [-0.15, -0.1) is 0 Å². The molecule has 0 spiro atoms. The van der Waals surface area contributed by atoms with E-state index < -0.39 is 0 Å².